The summed E-state index contributed by atoms with van der Waals surface area (Å²) in [6, 6.07) is 10.6. The zero-order chi connectivity index (χ0) is 18.8. The fourth-order valence-corrected chi connectivity index (χ4v) is 2.05. The van der Waals surface area contributed by atoms with Gasteiger partial charge < -0.3 is 25.0 Å². The first-order valence-electron chi connectivity index (χ1n) is 8.36. The maximum Gasteiger partial charge on any atom is 0.271 e. The molecule has 2 aromatic rings. The van der Waals surface area contributed by atoms with Crippen molar-refractivity contribution in [3.8, 4) is 11.5 Å². The number of carbonyl (C=O) groups is 1. The highest BCUT2D eigenvalue weighted by Gasteiger charge is 2.07. The number of aromatic nitrogens is 2. The second-order valence-corrected chi connectivity index (χ2v) is 5.81. The van der Waals surface area contributed by atoms with Crippen LogP contribution in [0.5, 0.6) is 11.5 Å². The van der Waals surface area contributed by atoms with Gasteiger partial charge in [0, 0.05) is 13.1 Å². The van der Waals surface area contributed by atoms with Crippen LogP contribution in [-0.2, 0) is 0 Å². The van der Waals surface area contributed by atoms with Gasteiger partial charge in [-0.05, 0) is 50.5 Å². The van der Waals surface area contributed by atoms with Crippen molar-refractivity contribution in [3.05, 3.63) is 42.1 Å². The molecule has 8 nitrogen and oxygen atoms in total. The minimum Gasteiger partial charge on any atom is -0.497 e. The van der Waals surface area contributed by atoms with Crippen molar-refractivity contribution in [3.63, 3.8) is 0 Å². The monoisotopic (exact) mass is 359 g/mol. The minimum atomic E-state index is -0.282. The van der Waals surface area contributed by atoms with Crippen LogP contribution in [0.4, 0.5) is 5.82 Å². The minimum absolute atomic E-state index is 0.271. The molecule has 1 heterocycles. The second kappa shape index (κ2) is 10.2. The Labute approximate surface area is 153 Å². The van der Waals surface area contributed by atoms with Gasteiger partial charge in [-0.1, -0.05) is 0 Å². The average Bonchev–Trinajstić information content (AvgIpc) is 2.66. The second-order valence-electron chi connectivity index (χ2n) is 5.81. The van der Waals surface area contributed by atoms with Gasteiger partial charge in [0.2, 0.25) is 0 Å². The Morgan fingerprint density at radius 1 is 1.04 bits per heavy atom. The number of nitrogens with zero attached hydrogens (tertiary/aromatic N) is 3. The predicted octanol–water partition coefficient (Wildman–Crippen LogP) is 1.27. The van der Waals surface area contributed by atoms with E-state index in [2.05, 4.69) is 25.7 Å². The van der Waals surface area contributed by atoms with E-state index < -0.39 is 0 Å². The van der Waals surface area contributed by atoms with Crippen LogP contribution in [0.1, 0.15) is 10.5 Å². The fourth-order valence-electron chi connectivity index (χ4n) is 2.05. The lowest BCUT2D eigenvalue weighted by molar-refractivity contribution is 0.0941. The van der Waals surface area contributed by atoms with E-state index in [-0.39, 0.29) is 11.6 Å². The molecule has 2 N–H and O–H groups in total. The van der Waals surface area contributed by atoms with Crippen molar-refractivity contribution < 1.29 is 14.3 Å². The van der Waals surface area contributed by atoms with E-state index in [4.69, 9.17) is 9.47 Å². The van der Waals surface area contributed by atoms with Crippen molar-refractivity contribution in [2.75, 3.05) is 52.8 Å². The summed E-state index contributed by atoms with van der Waals surface area (Å²) in [4.78, 5) is 14.1. The summed E-state index contributed by atoms with van der Waals surface area (Å²) in [6.07, 6.45) is 0. The lowest BCUT2D eigenvalue weighted by atomic mass is 10.3. The largest absolute Gasteiger partial charge is 0.497 e. The van der Waals surface area contributed by atoms with E-state index in [0.717, 1.165) is 18.8 Å². The standard InChI is InChI=1S/C18H25N5O3/c1-23(2)12-10-19-17-9-8-16(21-22-17)18(24)20-11-13-26-15-6-4-14(25-3)5-7-15/h4-9H,10-13H2,1-3H3,(H,19,22)(H,20,24). The number of anilines is 1. The molecule has 1 amide bonds. The van der Waals surface area contributed by atoms with Crippen molar-refractivity contribution in [2.24, 2.45) is 0 Å². The Kier molecular flexibility index (Phi) is 7.63. The molecule has 0 aliphatic heterocycles. The normalized spacial score (nSPS) is 10.5. The van der Waals surface area contributed by atoms with Gasteiger partial charge in [-0.3, -0.25) is 4.79 Å². The van der Waals surface area contributed by atoms with Crippen LogP contribution in [0, 0.1) is 0 Å². The summed E-state index contributed by atoms with van der Waals surface area (Å²) < 4.78 is 10.6. The first-order chi connectivity index (χ1) is 12.6. The molecule has 0 saturated heterocycles. The van der Waals surface area contributed by atoms with Crippen molar-refractivity contribution >= 4 is 11.7 Å². The summed E-state index contributed by atoms with van der Waals surface area (Å²) in [6.45, 7) is 2.37. The smallest absolute Gasteiger partial charge is 0.271 e. The van der Waals surface area contributed by atoms with Crippen molar-refractivity contribution in [2.45, 2.75) is 0 Å². The van der Waals surface area contributed by atoms with Crippen LogP contribution >= 0.6 is 0 Å². The molecular weight excluding hydrogens is 334 g/mol. The highest BCUT2D eigenvalue weighted by molar-refractivity contribution is 5.92. The molecule has 1 aromatic carbocycles. The first kappa shape index (κ1) is 19.5. The number of carbonyl (C=O) groups excluding carboxylic acids is 1. The SMILES string of the molecule is COc1ccc(OCCNC(=O)c2ccc(NCCN(C)C)nn2)cc1. The van der Waals surface area contributed by atoms with Crippen LogP contribution in [0.3, 0.4) is 0 Å². The highest BCUT2D eigenvalue weighted by atomic mass is 16.5. The van der Waals surface area contributed by atoms with E-state index in [0.29, 0.717) is 24.7 Å². The third-order valence-electron chi connectivity index (χ3n) is 3.48. The molecule has 0 bridgehead atoms. The average molecular weight is 359 g/mol. The molecule has 0 fully saturated rings. The molecule has 0 spiro atoms. The number of ether oxygens (including phenoxy) is 2. The van der Waals surface area contributed by atoms with E-state index in [9.17, 15) is 4.79 Å². The molecule has 0 aliphatic rings. The van der Waals surface area contributed by atoms with Gasteiger partial charge in [0.15, 0.2) is 5.69 Å². The summed E-state index contributed by atoms with van der Waals surface area (Å²) in [5.74, 6) is 1.85. The molecular formula is C18H25N5O3. The number of hydrogen-bond acceptors (Lipinski definition) is 7. The van der Waals surface area contributed by atoms with Gasteiger partial charge in [-0.15, -0.1) is 10.2 Å². The van der Waals surface area contributed by atoms with Gasteiger partial charge in [0.1, 0.15) is 23.9 Å². The number of amides is 1. The predicted molar refractivity (Wildman–Crippen MR) is 99.9 cm³/mol. The molecule has 26 heavy (non-hydrogen) atoms. The molecule has 0 saturated carbocycles. The van der Waals surface area contributed by atoms with Gasteiger partial charge in [0.25, 0.3) is 5.91 Å². The lowest BCUT2D eigenvalue weighted by Crippen LogP contribution is -2.29. The molecule has 8 heteroatoms. The molecule has 0 aliphatic carbocycles. The van der Waals surface area contributed by atoms with Crippen LogP contribution in [0.2, 0.25) is 0 Å². The van der Waals surface area contributed by atoms with E-state index in [1.165, 1.54) is 0 Å². The Morgan fingerprint density at radius 3 is 2.38 bits per heavy atom. The number of rotatable bonds is 10. The lowest BCUT2D eigenvalue weighted by Gasteiger charge is -2.10. The molecule has 140 valence electrons. The van der Waals surface area contributed by atoms with Crippen molar-refractivity contribution in [1.29, 1.82) is 0 Å². The van der Waals surface area contributed by atoms with Gasteiger partial charge >= 0.3 is 0 Å². The van der Waals surface area contributed by atoms with E-state index in [1.54, 1.807) is 19.2 Å². The summed E-state index contributed by atoms with van der Waals surface area (Å²) >= 11 is 0. The van der Waals surface area contributed by atoms with Crippen LogP contribution in [0.25, 0.3) is 0 Å². The topological polar surface area (TPSA) is 88.6 Å². The third kappa shape index (κ3) is 6.56. The van der Waals surface area contributed by atoms with Crippen molar-refractivity contribution in [1.82, 2.24) is 20.4 Å². The Hall–Kier alpha value is -2.87. The van der Waals surface area contributed by atoms with Gasteiger partial charge in [-0.25, -0.2) is 0 Å². The quantitative estimate of drug-likeness (QED) is 0.618. The Balaban J connectivity index is 1.70. The molecule has 0 atom stereocenters. The van der Waals surface area contributed by atoms with E-state index in [1.807, 2.05) is 38.4 Å². The number of nitrogens with one attached hydrogen (secondary N) is 2. The maximum absolute atomic E-state index is 12.0. The maximum atomic E-state index is 12.0. The zero-order valence-corrected chi connectivity index (χ0v) is 15.4. The van der Waals surface area contributed by atoms with Gasteiger partial charge in [-0.2, -0.15) is 0 Å². The van der Waals surface area contributed by atoms with Crippen LogP contribution in [-0.4, -0.2) is 68.5 Å². The molecule has 0 unspecified atom stereocenters. The zero-order valence-electron chi connectivity index (χ0n) is 15.4. The summed E-state index contributed by atoms with van der Waals surface area (Å²) in [7, 11) is 5.61. The summed E-state index contributed by atoms with van der Waals surface area (Å²) in [5.41, 5.74) is 0.271. The first-order valence-corrected chi connectivity index (χ1v) is 8.36. The molecule has 1 aromatic heterocycles. The highest BCUT2D eigenvalue weighted by Crippen LogP contribution is 2.16. The summed E-state index contributed by atoms with van der Waals surface area (Å²) in [5, 5.41) is 13.8. The molecule has 0 radical (unpaired) electrons. The molecule has 2 rings (SSSR count). The Morgan fingerprint density at radius 2 is 1.77 bits per heavy atom. The van der Waals surface area contributed by atoms with Crippen LogP contribution < -0.4 is 20.1 Å². The number of benzene rings is 1. The third-order valence-corrected chi connectivity index (χ3v) is 3.48. The van der Waals surface area contributed by atoms with E-state index >= 15 is 0 Å². The Bertz CT molecular complexity index is 674. The van der Waals surface area contributed by atoms with Gasteiger partial charge in [0.05, 0.1) is 13.7 Å². The number of methoxy groups -OCH3 is 1. The number of hydrogen-bond donors (Lipinski definition) is 2. The fraction of sp³-hybridized carbons (Fsp3) is 0.389. The van der Waals surface area contributed by atoms with Crippen LogP contribution in [0.15, 0.2) is 36.4 Å². The number of likely N-dealkylation sites (N-methyl/N-ethyl adjacent to an activating group) is 1.